The number of ether oxygens (including phenoxy) is 1. The van der Waals surface area contributed by atoms with Crippen LogP contribution in [0.5, 0.6) is 0 Å². The number of nitrogens with one attached hydrogen (secondary N) is 2. The SMILES string of the molecule is Cc1[nH]nc(C(=O)Nc2ccnn2C2CCOC2)c1Br. The summed E-state index contributed by atoms with van der Waals surface area (Å²) in [5.74, 6) is 0.375. The third kappa shape index (κ3) is 2.36. The topological polar surface area (TPSA) is 84.8 Å². The number of rotatable bonds is 3. The Morgan fingerprint density at radius 1 is 1.65 bits per heavy atom. The number of carbonyl (C=O) groups is 1. The van der Waals surface area contributed by atoms with Gasteiger partial charge >= 0.3 is 0 Å². The smallest absolute Gasteiger partial charge is 0.278 e. The number of hydrogen-bond acceptors (Lipinski definition) is 4. The van der Waals surface area contributed by atoms with E-state index in [4.69, 9.17) is 4.74 Å². The van der Waals surface area contributed by atoms with Crippen LogP contribution in [0.4, 0.5) is 5.82 Å². The minimum Gasteiger partial charge on any atom is -0.379 e. The van der Waals surface area contributed by atoms with Crippen LogP contribution in [0.25, 0.3) is 0 Å². The first-order valence-electron chi connectivity index (χ1n) is 6.30. The van der Waals surface area contributed by atoms with Gasteiger partial charge in [0, 0.05) is 18.4 Å². The minimum atomic E-state index is -0.276. The molecule has 0 aromatic carbocycles. The van der Waals surface area contributed by atoms with Gasteiger partial charge in [0.2, 0.25) is 0 Å². The average molecular weight is 340 g/mol. The molecule has 2 aromatic rings. The van der Waals surface area contributed by atoms with Crippen molar-refractivity contribution >= 4 is 27.7 Å². The average Bonchev–Trinajstić information content (AvgIpc) is 3.12. The zero-order chi connectivity index (χ0) is 14.1. The molecule has 1 aliphatic rings. The molecular weight excluding hydrogens is 326 g/mol. The molecule has 2 aromatic heterocycles. The third-order valence-corrected chi connectivity index (χ3v) is 4.22. The summed E-state index contributed by atoms with van der Waals surface area (Å²) in [6.07, 6.45) is 2.56. The lowest BCUT2D eigenvalue weighted by Gasteiger charge is -2.13. The number of amides is 1. The number of halogens is 1. The molecule has 0 bridgehead atoms. The second-order valence-corrected chi connectivity index (χ2v) is 5.44. The molecular formula is C12H14BrN5O2. The zero-order valence-corrected chi connectivity index (χ0v) is 12.5. The van der Waals surface area contributed by atoms with Crippen LogP contribution in [0, 0.1) is 6.92 Å². The van der Waals surface area contributed by atoms with E-state index >= 15 is 0 Å². The van der Waals surface area contributed by atoms with Gasteiger partial charge in [0.25, 0.3) is 5.91 Å². The molecule has 1 unspecified atom stereocenters. The Hall–Kier alpha value is -1.67. The summed E-state index contributed by atoms with van der Waals surface area (Å²) in [7, 11) is 0. The maximum Gasteiger partial charge on any atom is 0.278 e. The molecule has 0 aliphatic carbocycles. The number of hydrogen-bond donors (Lipinski definition) is 2. The van der Waals surface area contributed by atoms with Gasteiger partial charge in [0.15, 0.2) is 5.69 Å². The van der Waals surface area contributed by atoms with Gasteiger partial charge in [-0.15, -0.1) is 0 Å². The van der Waals surface area contributed by atoms with Crippen molar-refractivity contribution in [2.75, 3.05) is 18.5 Å². The van der Waals surface area contributed by atoms with Gasteiger partial charge in [0.1, 0.15) is 5.82 Å². The third-order valence-electron chi connectivity index (χ3n) is 3.25. The molecule has 1 fully saturated rings. The van der Waals surface area contributed by atoms with Crippen molar-refractivity contribution in [3.05, 3.63) is 28.1 Å². The fourth-order valence-corrected chi connectivity index (χ4v) is 2.52. The Kier molecular flexibility index (Phi) is 3.58. The number of aryl methyl sites for hydroxylation is 1. The lowest BCUT2D eigenvalue weighted by Crippen LogP contribution is -2.19. The van der Waals surface area contributed by atoms with E-state index in [9.17, 15) is 4.79 Å². The van der Waals surface area contributed by atoms with Gasteiger partial charge in [-0.3, -0.25) is 9.89 Å². The zero-order valence-electron chi connectivity index (χ0n) is 10.9. The second kappa shape index (κ2) is 5.37. The predicted molar refractivity (Wildman–Crippen MR) is 75.7 cm³/mol. The van der Waals surface area contributed by atoms with E-state index in [1.807, 2.05) is 6.92 Å². The van der Waals surface area contributed by atoms with E-state index in [1.54, 1.807) is 16.9 Å². The molecule has 20 heavy (non-hydrogen) atoms. The first-order chi connectivity index (χ1) is 9.66. The van der Waals surface area contributed by atoms with E-state index in [0.717, 1.165) is 18.7 Å². The summed E-state index contributed by atoms with van der Waals surface area (Å²) in [6, 6.07) is 1.94. The second-order valence-electron chi connectivity index (χ2n) is 4.64. The molecule has 8 heteroatoms. The van der Waals surface area contributed by atoms with E-state index in [0.29, 0.717) is 22.6 Å². The monoisotopic (exact) mass is 339 g/mol. The van der Waals surface area contributed by atoms with Crippen molar-refractivity contribution in [2.24, 2.45) is 0 Å². The maximum atomic E-state index is 12.2. The number of carbonyl (C=O) groups excluding carboxylic acids is 1. The van der Waals surface area contributed by atoms with Crippen molar-refractivity contribution in [2.45, 2.75) is 19.4 Å². The molecule has 1 saturated heterocycles. The Morgan fingerprint density at radius 3 is 3.15 bits per heavy atom. The van der Waals surface area contributed by atoms with Crippen molar-refractivity contribution < 1.29 is 9.53 Å². The van der Waals surface area contributed by atoms with E-state index in [1.165, 1.54) is 0 Å². The van der Waals surface area contributed by atoms with Crippen molar-refractivity contribution in [3.8, 4) is 0 Å². The first-order valence-corrected chi connectivity index (χ1v) is 7.09. The van der Waals surface area contributed by atoms with Crippen LogP contribution >= 0.6 is 15.9 Å². The molecule has 0 radical (unpaired) electrons. The Balaban J connectivity index is 1.79. The lowest BCUT2D eigenvalue weighted by atomic mass is 10.3. The number of aromatic nitrogens is 4. The van der Waals surface area contributed by atoms with Crippen LogP contribution in [-0.4, -0.2) is 39.1 Å². The van der Waals surface area contributed by atoms with Crippen LogP contribution in [0.1, 0.15) is 28.6 Å². The highest BCUT2D eigenvalue weighted by atomic mass is 79.9. The van der Waals surface area contributed by atoms with Crippen molar-refractivity contribution in [1.82, 2.24) is 20.0 Å². The van der Waals surface area contributed by atoms with Crippen LogP contribution in [0.2, 0.25) is 0 Å². The van der Waals surface area contributed by atoms with Gasteiger partial charge in [-0.05, 0) is 29.3 Å². The summed E-state index contributed by atoms with van der Waals surface area (Å²) >= 11 is 3.34. The molecule has 3 heterocycles. The Morgan fingerprint density at radius 2 is 2.50 bits per heavy atom. The van der Waals surface area contributed by atoms with Crippen molar-refractivity contribution in [3.63, 3.8) is 0 Å². The summed E-state index contributed by atoms with van der Waals surface area (Å²) < 4.78 is 7.81. The first kappa shape index (κ1) is 13.3. The largest absolute Gasteiger partial charge is 0.379 e. The van der Waals surface area contributed by atoms with Crippen LogP contribution in [0.15, 0.2) is 16.7 Å². The summed E-state index contributed by atoms with van der Waals surface area (Å²) in [5, 5.41) is 13.8. The van der Waals surface area contributed by atoms with Gasteiger partial charge in [-0.25, -0.2) is 4.68 Å². The molecule has 7 nitrogen and oxygen atoms in total. The number of H-pyrrole nitrogens is 1. The van der Waals surface area contributed by atoms with Gasteiger partial charge in [0.05, 0.1) is 23.3 Å². The molecule has 106 valence electrons. The highest BCUT2D eigenvalue weighted by Gasteiger charge is 2.22. The normalized spacial score (nSPS) is 18.4. The van der Waals surface area contributed by atoms with E-state index in [-0.39, 0.29) is 11.9 Å². The molecule has 1 atom stereocenters. The Bertz CT molecular complexity index is 630. The number of nitrogens with zero attached hydrogens (tertiary/aromatic N) is 3. The highest BCUT2D eigenvalue weighted by Crippen LogP contribution is 2.24. The van der Waals surface area contributed by atoms with Crippen LogP contribution in [0.3, 0.4) is 0 Å². The minimum absolute atomic E-state index is 0.171. The molecule has 2 N–H and O–H groups in total. The van der Waals surface area contributed by atoms with E-state index in [2.05, 4.69) is 36.5 Å². The molecule has 0 spiro atoms. The maximum absolute atomic E-state index is 12.2. The summed E-state index contributed by atoms with van der Waals surface area (Å²) in [6.45, 7) is 3.19. The van der Waals surface area contributed by atoms with Gasteiger partial charge in [-0.2, -0.15) is 10.2 Å². The molecule has 1 amide bonds. The highest BCUT2D eigenvalue weighted by molar-refractivity contribution is 9.10. The van der Waals surface area contributed by atoms with Crippen LogP contribution in [-0.2, 0) is 4.74 Å². The van der Waals surface area contributed by atoms with Gasteiger partial charge < -0.3 is 10.1 Å². The van der Waals surface area contributed by atoms with Crippen molar-refractivity contribution in [1.29, 1.82) is 0 Å². The fraction of sp³-hybridized carbons (Fsp3) is 0.417. The summed E-state index contributed by atoms with van der Waals surface area (Å²) in [4.78, 5) is 12.2. The van der Waals surface area contributed by atoms with Crippen LogP contribution < -0.4 is 5.32 Å². The lowest BCUT2D eigenvalue weighted by molar-refractivity contribution is 0.102. The standard InChI is InChI=1S/C12H14BrN5O2/c1-7-10(13)11(17-16-7)12(19)15-9-2-4-14-18(9)8-3-5-20-6-8/h2,4,8H,3,5-6H2,1H3,(H,15,19)(H,16,17). The van der Waals surface area contributed by atoms with Gasteiger partial charge in [-0.1, -0.05) is 0 Å². The quantitative estimate of drug-likeness (QED) is 0.894. The molecule has 0 saturated carbocycles. The predicted octanol–water partition coefficient (Wildman–Crippen LogP) is 1.89. The summed E-state index contributed by atoms with van der Waals surface area (Å²) in [5.41, 5.74) is 1.14. The van der Waals surface area contributed by atoms with E-state index < -0.39 is 0 Å². The number of aromatic amines is 1. The Labute approximate surface area is 123 Å². The molecule has 3 rings (SSSR count). The number of anilines is 1. The fourth-order valence-electron chi connectivity index (χ4n) is 2.16. The molecule has 1 aliphatic heterocycles.